The fourth-order valence-corrected chi connectivity index (χ4v) is 4.08. The van der Waals surface area contributed by atoms with Gasteiger partial charge in [-0.25, -0.2) is 8.78 Å². The van der Waals surface area contributed by atoms with Gasteiger partial charge in [0.25, 0.3) is 5.91 Å². The lowest BCUT2D eigenvalue weighted by Crippen LogP contribution is -2.49. The molecule has 33 heavy (non-hydrogen) atoms. The Hall–Kier alpha value is -2.87. The van der Waals surface area contributed by atoms with Crippen LogP contribution in [0.1, 0.15) is 27.5 Å². The van der Waals surface area contributed by atoms with Crippen LogP contribution in [0.25, 0.3) is 0 Å². The summed E-state index contributed by atoms with van der Waals surface area (Å²) in [6.07, 6.45) is 3.21. The van der Waals surface area contributed by atoms with Crippen LogP contribution < -0.4 is 5.32 Å². The summed E-state index contributed by atoms with van der Waals surface area (Å²) in [4.78, 5) is 20.8. The molecule has 1 N–H and O–H groups in total. The van der Waals surface area contributed by atoms with E-state index in [0.29, 0.717) is 12.1 Å². The van der Waals surface area contributed by atoms with E-state index in [1.165, 1.54) is 24.3 Å². The second-order valence-corrected chi connectivity index (χ2v) is 7.88. The second kappa shape index (κ2) is 11.8. The molecule has 0 spiro atoms. The summed E-state index contributed by atoms with van der Waals surface area (Å²) in [6, 6.07) is 16.4. The lowest BCUT2D eigenvalue weighted by Gasteiger charge is -2.39. The van der Waals surface area contributed by atoms with Crippen molar-refractivity contribution in [3.63, 3.8) is 0 Å². The van der Waals surface area contributed by atoms with Crippen LogP contribution in [0.4, 0.5) is 8.78 Å². The van der Waals surface area contributed by atoms with Crippen LogP contribution in [-0.2, 0) is 0 Å². The molecule has 4 rings (SSSR count). The first-order chi connectivity index (χ1) is 15.6. The fourth-order valence-electron chi connectivity index (χ4n) is 4.08. The largest absolute Gasteiger partial charge is 0.351 e. The number of halogens is 3. The molecule has 0 atom stereocenters. The van der Waals surface area contributed by atoms with Crippen molar-refractivity contribution < 1.29 is 13.6 Å². The first kappa shape index (κ1) is 24.8. The molecular weight excluding hydrogens is 446 g/mol. The number of aromatic nitrogens is 1. The maximum atomic E-state index is 13.5. The van der Waals surface area contributed by atoms with Crippen molar-refractivity contribution in [2.45, 2.75) is 6.04 Å². The fraction of sp³-hybridized carbons (Fsp3) is 0.280. The summed E-state index contributed by atoms with van der Waals surface area (Å²) in [5.74, 6) is -0.644. The normalized spacial score (nSPS) is 14.6. The highest BCUT2D eigenvalue weighted by Gasteiger charge is 2.26. The molecule has 0 saturated carbocycles. The number of carbonyl (C=O) groups is 1. The first-order valence-corrected chi connectivity index (χ1v) is 10.8. The average molecular weight is 473 g/mol. The number of carbonyl (C=O) groups excluding carboxylic acids is 1. The van der Waals surface area contributed by atoms with Crippen LogP contribution >= 0.6 is 12.4 Å². The molecule has 0 radical (unpaired) electrons. The highest BCUT2D eigenvalue weighted by molar-refractivity contribution is 5.93. The van der Waals surface area contributed by atoms with E-state index in [4.69, 9.17) is 0 Å². The lowest BCUT2D eigenvalue weighted by molar-refractivity contribution is 0.0921. The maximum absolute atomic E-state index is 13.5. The van der Waals surface area contributed by atoms with E-state index in [0.717, 1.165) is 43.9 Å². The Labute approximate surface area is 198 Å². The van der Waals surface area contributed by atoms with E-state index in [1.807, 2.05) is 0 Å². The van der Waals surface area contributed by atoms with E-state index in [2.05, 4.69) is 20.1 Å². The van der Waals surface area contributed by atoms with Crippen molar-refractivity contribution in [2.75, 3.05) is 39.3 Å². The van der Waals surface area contributed by atoms with Crippen molar-refractivity contribution in [1.29, 1.82) is 0 Å². The van der Waals surface area contributed by atoms with E-state index in [-0.39, 0.29) is 36.0 Å². The minimum absolute atomic E-state index is 0. The molecule has 1 aromatic heterocycles. The van der Waals surface area contributed by atoms with Gasteiger partial charge in [0.05, 0.1) is 6.04 Å². The Morgan fingerprint density at radius 2 is 1.36 bits per heavy atom. The quantitative estimate of drug-likeness (QED) is 0.566. The molecule has 1 amide bonds. The minimum Gasteiger partial charge on any atom is -0.351 e. The molecule has 0 unspecified atom stereocenters. The maximum Gasteiger partial charge on any atom is 0.251 e. The van der Waals surface area contributed by atoms with Gasteiger partial charge in [0, 0.05) is 57.2 Å². The Bertz CT molecular complexity index is 965. The highest BCUT2D eigenvalue weighted by Crippen LogP contribution is 2.30. The molecule has 3 aromatic rings. The number of nitrogens with one attached hydrogen (secondary N) is 1. The zero-order chi connectivity index (χ0) is 22.3. The molecule has 1 aliphatic rings. The molecule has 0 aliphatic carbocycles. The number of piperazine rings is 1. The number of hydrogen-bond donors (Lipinski definition) is 1. The van der Waals surface area contributed by atoms with Gasteiger partial charge in [-0.05, 0) is 47.5 Å². The molecule has 0 bridgehead atoms. The molecule has 2 aromatic carbocycles. The third kappa shape index (κ3) is 6.57. The Morgan fingerprint density at radius 1 is 0.848 bits per heavy atom. The van der Waals surface area contributed by atoms with Crippen LogP contribution in [0.3, 0.4) is 0 Å². The van der Waals surface area contributed by atoms with Gasteiger partial charge in [0.15, 0.2) is 0 Å². The number of hydrogen-bond acceptors (Lipinski definition) is 4. The van der Waals surface area contributed by atoms with Crippen LogP contribution in [0, 0.1) is 11.6 Å². The zero-order valence-electron chi connectivity index (χ0n) is 18.2. The van der Waals surface area contributed by atoms with Crippen LogP contribution in [0.5, 0.6) is 0 Å². The number of amides is 1. The molecule has 8 heteroatoms. The van der Waals surface area contributed by atoms with Gasteiger partial charge in [0.2, 0.25) is 0 Å². The van der Waals surface area contributed by atoms with Crippen molar-refractivity contribution in [3.8, 4) is 0 Å². The molecule has 1 fully saturated rings. The minimum atomic E-state index is -0.273. The number of benzene rings is 2. The third-order valence-electron chi connectivity index (χ3n) is 5.80. The number of nitrogens with zero attached hydrogens (tertiary/aromatic N) is 3. The van der Waals surface area contributed by atoms with E-state index in [1.54, 1.807) is 48.8 Å². The standard InChI is InChI=1S/C25H26F2N4O.ClH/c26-22-5-1-19(2-6-22)24(20-3-7-23(27)8-4-20)31-17-15-30(16-18-31)14-13-29-25(32)21-9-11-28-12-10-21;/h1-12,24H,13-18H2,(H,29,32);1H. The molecular formula is C25H27ClF2N4O. The van der Waals surface area contributed by atoms with Crippen LogP contribution in [0.15, 0.2) is 73.1 Å². The summed E-state index contributed by atoms with van der Waals surface area (Å²) in [5, 5.41) is 2.95. The smallest absolute Gasteiger partial charge is 0.251 e. The van der Waals surface area contributed by atoms with Gasteiger partial charge < -0.3 is 5.32 Å². The highest BCUT2D eigenvalue weighted by atomic mass is 35.5. The van der Waals surface area contributed by atoms with Gasteiger partial charge >= 0.3 is 0 Å². The Kier molecular flexibility index (Phi) is 8.88. The topological polar surface area (TPSA) is 48.5 Å². The first-order valence-electron chi connectivity index (χ1n) is 10.8. The third-order valence-corrected chi connectivity index (χ3v) is 5.80. The average Bonchev–Trinajstić information content (AvgIpc) is 2.83. The molecule has 5 nitrogen and oxygen atoms in total. The van der Waals surface area contributed by atoms with Gasteiger partial charge in [-0.1, -0.05) is 24.3 Å². The second-order valence-electron chi connectivity index (χ2n) is 7.88. The van der Waals surface area contributed by atoms with Crippen molar-refractivity contribution >= 4 is 18.3 Å². The van der Waals surface area contributed by atoms with Crippen molar-refractivity contribution in [3.05, 3.63) is 101 Å². The van der Waals surface area contributed by atoms with Gasteiger partial charge in [-0.3, -0.25) is 19.6 Å². The Morgan fingerprint density at radius 3 is 1.88 bits per heavy atom. The summed E-state index contributed by atoms with van der Waals surface area (Å²) in [6.45, 7) is 4.67. The predicted molar refractivity (Wildman–Crippen MR) is 126 cm³/mol. The summed E-state index contributed by atoms with van der Waals surface area (Å²) in [5.41, 5.74) is 2.57. The molecule has 1 saturated heterocycles. The number of pyridine rings is 1. The van der Waals surface area contributed by atoms with Gasteiger partial charge in [-0.15, -0.1) is 12.4 Å². The monoisotopic (exact) mass is 472 g/mol. The SMILES string of the molecule is Cl.O=C(NCCN1CCN(C(c2ccc(F)cc2)c2ccc(F)cc2)CC1)c1ccncc1. The van der Waals surface area contributed by atoms with E-state index >= 15 is 0 Å². The number of rotatable bonds is 7. The van der Waals surface area contributed by atoms with E-state index < -0.39 is 0 Å². The van der Waals surface area contributed by atoms with Crippen LogP contribution in [-0.4, -0.2) is 60.0 Å². The summed E-state index contributed by atoms with van der Waals surface area (Å²) in [7, 11) is 0. The lowest BCUT2D eigenvalue weighted by atomic mass is 9.96. The summed E-state index contributed by atoms with van der Waals surface area (Å²) >= 11 is 0. The summed E-state index contributed by atoms with van der Waals surface area (Å²) < 4.78 is 27.0. The molecule has 1 aliphatic heterocycles. The van der Waals surface area contributed by atoms with Gasteiger partial charge in [0.1, 0.15) is 11.6 Å². The van der Waals surface area contributed by atoms with Crippen molar-refractivity contribution in [2.24, 2.45) is 0 Å². The van der Waals surface area contributed by atoms with E-state index in [9.17, 15) is 13.6 Å². The van der Waals surface area contributed by atoms with Crippen LogP contribution in [0.2, 0.25) is 0 Å². The predicted octanol–water partition coefficient (Wildman–Crippen LogP) is 3.92. The molecule has 174 valence electrons. The zero-order valence-corrected chi connectivity index (χ0v) is 19.0. The van der Waals surface area contributed by atoms with Crippen molar-refractivity contribution in [1.82, 2.24) is 20.1 Å². The van der Waals surface area contributed by atoms with Gasteiger partial charge in [-0.2, -0.15) is 0 Å². The molecule has 2 heterocycles. The Balaban J connectivity index is 0.00000306.